The van der Waals surface area contributed by atoms with E-state index >= 15 is 0 Å². The second kappa shape index (κ2) is 3.16. The Morgan fingerprint density at radius 1 is 1.56 bits per heavy atom. The zero-order chi connectivity index (χ0) is 6.69. The summed E-state index contributed by atoms with van der Waals surface area (Å²) in [6, 6.07) is 0. The maximum Gasteiger partial charge on any atom is 0.0198 e. The SMILES string of the molecule is CNC1=C(C)SCCC1. The van der Waals surface area contributed by atoms with Crippen LogP contribution in [0.2, 0.25) is 0 Å². The topological polar surface area (TPSA) is 12.0 Å². The van der Waals surface area contributed by atoms with Crippen molar-refractivity contribution in [1.29, 1.82) is 0 Å². The molecule has 0 aromatic heterocycles. The van der Waals surface area contributed by atoms with Gasteiger partial charge in [-0.15, -0.1) is 11.8 Å². The Balaban J connectivity index is 2.59. The van der Waals surface area contributed by atoms with Crippen molar-refractivity contribution in [3.8, 4) is 0 Å². The summed E-state index contributed by atoms with van der Waals surface area (Å²) in [5.74, 6) is 1.30. The summed E-state index contributed by atoms with van der Waals surface area (Å²) in [5, 5.41) is 3.21. The van der Waals surface area contributed by atoms with E-state index in [0.717, 1.165) is 0 Å². The fraction of sp³-hybridized carbons (Fsp3) is 0.714. The Bertz CT molecular complexity index is 129. The first kappa shape index (κ1) is 7.00. The van der Waals surface area contributed by atoms with Crippen molar-refractivity contribution >= 4 is 11.8 Å². The van der Waals surface area contributed by atoms with Gasteiger partial charge in [0.05, 0.1) is 0 Å². The molecule has 1 aliphatic heterocycles. The van der Waals surface area contributed by atoms with Crippen LogP contribution >= 0.6 is 11.8 Å². The lowest BCUT2D eigenvalue weighted by Gasteiger charge is -2.15. The largest absolute Gasteiger partial charge is 0.391 e. The van der Waals surface area contributed by atoms with Crippen molar-refractivity contribution in [2.45, 2.75) is 19.8 Å². The van der Waals surface area contributed by atoms with Crippen molar-refractivity contribution in [3.63, 3.8) is 0 Å². The van der Waals surface area contributed by atoms with Gasteiger partial charge < -0.3 is 5.32 Å². The lowest BCUT2D eigenvalue weighted by molar-refractivity contribution is 0.806. The first-order valence-electron chi connectivity index (χ1n) is 3.35. The van der Waals surface area contributed by atoms with E-state index in [4.69, 9.17) is 0 Å². The van der Waals surface area contributed by atoms with E-state index in [1.807, 2.05) is 18.8 Å². The molecule has 52 valence electrons. The molecule has 1 N–H and O–H groups in total. The van der Waals surface area contributed by atoms with Crippen LogP contribution in [-0.4, -0.2) is 12.8 Å². The van der Waals surface area contributed by atoms with Gasteiger partial charge in [0.1, 0.15) is 0 Å². The number of thioether (sulfide) groups is 1. The lowest BCUT2D eigenvalue weighted by atomic mass is 10.2. The first-order chi connectivity index (χ1) is 4.34. The highest BCUT2D eigenvalue weighted by molar-refractivity contribution is 8.03. The molecular formula is C7H13NS. The molecule has 1 aliphatic rings. The van der Waals surface area contributed by atoms with Crippen LogP contribution < -0.4 is 5.32 Å². The molecule has 0 atom stereocenters. The third-order valence-corrected chi connectivity index (χ3v) is 2.79. The summed E-state index contributed by atoms with van der Waals surface area (Å²) in [6.45, 7) is 2.19. The molecule has 0 aliphatic carbocycles. The Morgan fingerprint density at radius 2 is 2.33 bits per heavy atom. The molecule has 0 saturated carbocycles. The van der Waals surface area contributed by atoms with Crippen molar-refractivity contribution < 1.29 is 0 Å². The molecule has 0 spiro atoms. The summed E-state index contributed by atoms with van der Waals surface area (Å²) in [4.78, 5) is 1.48. The zero-order valence-electron chi connectivity index (χ0n) is 6.03. The van der Waals surface area contributed by atoms with Crippen LogP contribution in [0.4, 0.5) is 0 Å². The van der Waals surface area contributed by atoms with Crippen LogP contribution in [0.25, 0.3) is 0 Å². The standard InChI is InChI=1S/C7H13NS/c1-6-7(8-2)4-3-5-9-6/h8H,3-5H2,1-2H3. The first-order valence-corrected chi connectivity index (χ1v) is 4.33. The van der Waals surface area contributed by atoms with E-state index in [9.17, 15) is 0 Å². The molecule has 9 heavy (non-hydrogen) atoms. The van der Waals surface area contributed by atoms with Gasteiger partial charge in [-0.25, -0.2) is 0 Å². The van der Waals surface area contributed by atoms with E-state index in [0.29, 0.717) is 0 Å². The van der Waals surface area contributed by atoms with Crippen LogP contribution in [-0.2, 0) is 0 Å². The molecule has 0 unspecified atom stereocenters. The van der Waals surface area contributed by atoms with Gasteiger partial charge in [0.15, 0.2) is 0 Å². The second-order valence-corrected chi connectivity index (χ2v) is 3.55. The minimum atomic E-state index is 1.25. The lowest BCUT2D eigenvalue weighted by Crippen LogP contribution is -2.10. The Hall–Kier alpha value is -0.110. The molecule has 0 saturated heterocycles. The highest BCUT2D eigenvalue weighted by Gasteiger charge is 2.06. The molecule has 1 heterocycles. The average molecular weight is 143 g/mol. The van der Waals surface area contributed by atoms with Crippen LogP contribution in [0, 0.1) is 0 Å². The van der Waals surface area contributed by atoms with Gasteiger partial charge in [0, 0.05) is 17.6 Å². The number of hydrogen-bond acceptors (Lipinski definition) is 2. The molecule has 0 bridgehead atoms. The third-order valence-electron chi connectivity index (χ3n) is 1.62. The number of allylic oxidation sites excluding steroid dienone is 2. The number of rotatable bonds is 1. The highest BCUT2D eigenvalue weighted by Crippen LogP contribution is 2.26. The maximum absolute atomic E-state index is 3.21. The number of nitrogens with one attached hydrogen (secondary N) is 1. The molecule has 0 radical (unpaired) electrons. The second-order valence-electron chi connectivity index (χ2n) is 2.24. The molecule has 0 aromatic rings. The monoisotopic (exact) mass is 143 g/mol. The normalized spacial score (nSPS) is 20.2. The summed E-state index contributed by atoms with van der Waals surface area (Å²) >= 11 is 1.97. The predicted octanol–water partition coefficient (Wildman–Crippen LogP) is 1.96. The van der Waals surface area contributed by atoms with Gasteiger partial charge in [-0.1, -0.05) is 0 Å². The summed E-state index contributed by atoms with van der Waals surface area (Å²) < 4.78 is 0. The van der Waals surface area contributed by atoms with Gasteiger partial charge >= 0.3 is 0 Å². The van der Waals surface area contributed by atoms with Crippen molar-refractivity contribution in [3.05, 3.63) is 10.6 Å². The highest BCUT2D eigenvalue weighted by atomic mass is 32.2. The summed E-state index contributed by atoms with van der Waals surface area (Å²) in [5.41, 5.74) is 1.44. The van der Waals surface area contributed by atoms with Gasteiger partial charge in [-0.05, 0) is 25.5 Å². The van der Waals surface area contributed by atoms with E-state index < -0.39 is 0 Å². The van der Waals surface area contributed by atoms with E-state index in [1.165, 1.54) is 29.2 Å². The summed E-state index contributed by atoms with van der Waals surface area (Å²) in [7, 11) is 2.00. The van der Waals surface area contributed by atoms with Gasteiger partial charge in [0.2, 0.25) is 0 Å². The van der Waals surface area contributed by atoms with Crippen molar-refractivity contribution in [1.82, 2.24) is 5.32 Å². The third kappa shape index (κ3) is 1.65. The average Bonchev–Trinajstić information content (AvgIpc) is 1.89. The van der Waals surface area contributed by atoms with Crippen LogP contribution in [0.15, 0.2) is 10.6 Å². The molecule has 1 nitrogen and oxygen atoms in total. The van der Waals surface area contributed by atoms with Crippen molar-refractivity contribution in [2.75, 3.05) is 12.8 Å². The molecule has 0 aromatic carbocycles. The fourth-order valence-electron chi connectivity index (χ4n) is 1.04. The number of hydrogen-bond donors (Lipinski definition) is 1. The van der Waals surface area contributed by atoms with Gasteiger partial charge in [0.25, 0.3) is 0 Å². The summed E-state index contributed by atoms with van der Waals surface area (Å²) in [6.07, 6.45) is 2.58. The Morgan fingerprint density at radius 3 is 2.78 bits per heavy atom. The Labute approximate surface area is 60.9 Å². The smallest absolute Gasteiger partial charge is 0.0198 e. The van der Waals surface area contributed by atoms with Gasteiger partial charge in [-0.3, -0.25) is 0 Å². The minimum absolute atomic E-state index is 1.25. The van der Waals surface area contributed by atoms with E-state index in [1.54, 1.807) is 0 Å². The predicted molar refractivity (Wildman–Crippen MR) is 43.5 cm³/mol. The molecule has 1 rings (SSSR count). The molecule has 0 fully saturated rings. The van der Waals surface area contributed by atoms with E-state index in [-0.39, 0.29) is 0 Å². The zero-order valence-corrected chi connectivity index (χ0v) is 6.85. The molecule has 2 heteroatoms. The maximum atomic E-state index is 3.21. The molecular weight excluding hydrogens is 130 g/mol. The Kier molecular flexibility index (Phi) is 2.46. The van der Waals surface area contributed by atoms with Crippen LogP contribution in [0.5, 0.6) is 0 Å². The minimum Gasteiger partial charge on any atom is -0.391 e. The van der Waals surface area contributed by atoms with E-state index in [2.05, 4.69) is 12.2 Å². The van der Waals surface area contributed by atoms with Crippen molar-refractivity contribution in [2.24, 2.45) is 0 Å². The fourth-order valence-corrected chi connectivity index (χ4v) is 2.01. The van der Waals surface area contributed by atoms with Crippen LogP contribution in [0.1, 0.15) is 19.8 Å². The van der Waals surface area contributed by atoms with Crippen LogP contribution in [0.3, 0.4) is 0 Å². The quantitative estimate of drug-likeness (QED) is 0.602. The molecule has 0 amide bonds. The van der Waals surface area contributed by atoms with Gasteiger partial charge in [-0.2, -0.15) is 0 Å².